The number of para-hydroxylation sites is 4. The molecular formula is C57H35N5S. The summed E-state index contributed by atoms with van der Waals surface area (Å²) in [6, 6.07) is 75.5. The lowest BCUT2D eigenvalue weighted by atomic mass is 9.98. The number of nitrogens with zero attached hydrogens (tertiary/aromatic N) is 5. The van der Waals surface area contributed by atoms with E-state index in [0.29, 0.717) is 17.5 Å². The van der Waals surface area contributed by atoms with Gasteiger partial charge in [0.2, 0.25) is 0 Å². The van der Waals surface area contributed by atoms with Crippen molar-refractivity contribution in [1.82, 2.24) is 24.1 Å². The van der Waals surface area contributed by atoms with Crippen molar-refractivity contribution >= 4 is 75.1 Å². The van der Waals surface area contributed by atoms with Gasteiger partial charge in [0.1, 0.15) is 0 Å². The monoisotopic (exact) mass is 821 g/mol. The predicted octanol–water partition coefficient (Wildman–Crippen LogP) is 15.1. The Hall–Kier alpha value is -8.19. The van der Waals surface area contributed by atoms with Crippen LogP contribution in [0, 0.1) is 0 Å². The number of thiophene rings is 1. The van der Waals surface area contributed by atoms with Gasteiger partial charge in [0.05, 0.1) is 22.1 Å². The summed E-state index contributed by atoms with van der Waals surface area (Å²) < 4.78 is 7.09. The maximum atomic E-state index is 5.55. The van der Waals surface area contributed by atoms with E-state index in [9.17, 15) is 0 Å². The Morgan fingerprint density at radius 3 is 1.52 bits per heavy atom. The number of aromatic nitrogens is 5. The van der Waals surface area contributed by atoms with Crippen LogP contribution in [0.4, 0.5) is 0 Å². The lowest BCUT2D eigenvalue weighted by Gasteiger charge is -2.14. The van der Waals surface area contributed by atoms with E-state index >= 15 is 0 Å². The molecule has 4 heterocycles. The van der Waals surface area contributed by atoms with Crippen LogP contribution >= 0.6 is 11.3 Å². The summed E-state index contributed by atoms with van der Waals surface area (Å²) in [6.45, 7) is 0. The number of rotatable bonds is 6. The molecule has 0 unspecified atom stereocenters. The first-order valence-electron chi connectivity index (χ1n) is 21.2. The number of benzene rings is 9. The molecule has 5 nitrogen and oxygen atoms in total. The van der Waals surface area contributed by atoms with Crippen molar-refractivity contribution in [3.8, 4) is 56.7 Å². The van der Waals surface area contributed by atoms with Crippen molar-refractivity contribution in [2.24, 2.45) is 0 Å². The molecule has 9 aromatic carbocycles. The summed E-state index contributed by atoms with van der Waals surface area (Å²) in [7, 11) is 0. The van der Waals surface area contributed by atoms with E-state index in [2.05, 4.69) is 203 Å². The molecule has 0 spiro atoms. The van der Waals surface area contributed by atoms with Gasteiger partial charge in [0, 0.05) is 69.8 Å². The molecule has 0 saturated carbocycles. The minimum atomic E-state index is 0.626. The zero-order valence-corrected chi connectivity index (χ0v) is 34.7. The fourth-order valence-electron chi connectivity index (χ4n) is 9.66. The minimum Gasteiger partial charge on any atom is -0.309 e. The smallest absolute Gasteiger partial charge is 0.165 e. The summed E-state index contributed by atoms with van der Waals surface area (Å²) in [5.74, 6) is 1.88. The average molecular weight is 822 g/mol. The van der Waals surface area contributed by atoms with E-state index in [1.807, 2.05) is 18.2 Å². The Bertz CT molecular complexity index is 3850. The highest BCUT2D eigenvalue weighted by Gasteiger charge is 2.23. The molecule has 0 aliphatic heterocycles. The zero-order valence-electron chi connectivity index (χ0n) is 33.9. The van der Waals surface area contributed by atoms with E-state index < -0.39 is 0 Å². The van der Waals surface area contributed by atoms with Crippen LogP contribution in [0.3, 0.4) is 0 Å². The quantitative estimate of drug-likeness (QED) is 0.168. The van der Waals surface area contributed by atoms with Crippen molar-refractivity contribution in [3.63, 3.8) is 0 Å². The molecule has 294 valence electrons. The minimum absolute atomic E-state index is 0.626. The summed E-state index contributed by atoms with van der Waals surface area (Å²) in [6.07, 6.45) is 0. The number of hydrogen-bond donors (Lipinski definition) is 0. The SMILES string of the molecule is c1ccc(-c2nc(-c3cc(-n4c5ccccc5c5ccccc54)cc4c3sc3cccc(-c5ccccc5)c34)nc(-c3cccc4c3c3ccccc3n4-c3ccccc3)n2)cc1. The number of fused-ring (bicyclic) bond motifs is 9. The van der Waals surface area contributed by atoms with Gasteiger partial charge in [-0.1, -0.05) is 158 Å². The summed E-state index contributed by atoms with van der Waals surface area (Å²) in [4.78, 5) is 16.3. The van der Waals surface area contributed by atoms with E-state index in [-0.39, 0.29) is 0 Å². The molecule has 0 bridgehead atoms. The lowest BCUT2D eigenvalue weighted by molar-refractivity contribution is 1.08. The molecule has 0 radical (unpaired) electrons. The lowest BCUT2D eigenvalue weighted by Crippen LogP contribution is -2.02. The zero-order chi connectivity index (χ0) is 41.4. The van der Waals surface area contributed by atoms with Gasteiger partial charge >= 0.3 is 0 Å². The molecule has 0 atom stereocenters. The first-order chi connectivity index (χ1) is 31.3. The van der Waals surface area contributed by atoms with Gasteiger partial charge < -0.3 is 9.13 Å². The van der Waals surface area contributed by atoms with Crippen molar-refractivity contribution in [2.45, 2.75) is 0 Å². The van der Waals surface area contributed by atoms with Gasteiger partial charge in [-0.05, 0) is 65.7 Å². The molecule has 0 aliphatic carbocycles. The van der Waals surface area contributed by atoms with Crippen LogP contribution in [0.1, 0.15) is 0 Å². The third-order valence-corrected chi connectivity index (χ3v) is 13.6. The maximum absolute atomic E-state index is 5.55. The molecule has 0 aliphatic rings. The fourth-order valence-corrected chi connectivity index (χ4v) is 10.9. The maximum Gasteiger partial charge on any atom is 0.165 e. The van der Waals surface area contributed by atoms with E-state index in [4.69, 9.17) is 15.0 Å². The van der Waals surface area contributed by atoms with Gasteiger partial charge in [-0.2, -0.15) is 0 Å². The Morgan fingerprint density at radius 2 is 0.825 bits per heavy atom. The molecule has 0 N–H and O–H groups in total. The first-order valence-corrected chi connectivity index (χ1v) is 22.0. The van der Waals surface area contributed by atoms with E-state index in [0.717, 1.165) is 65.6 Å². The molecule has 0 saturated heterocycles. The van der Waals surface area contributed by atoms with Crippen molar-refractivity contribution in [1.29, 1.82) is 0 Å². The molecule has 0 fully saturated rings. The van der Waals surface area contributed by atoms with Crippen molar-refractivity contribution < 1.29 is 0 Å². The Balaban J connectivity index is 1.15. The summed E-state index contributed by atoms with van der Waals surface area (Å²) in [5, 5.41) is 7.07. The fraction of sp³-hybridized carbons (Fsp3) is 0. The van der Waals surface area contributed by atoms with Crippen LogP contribution in [-0.2, 0) is 0 Å². The second-order valence-corrected chi connectivity index (χ2v) is 17.0. The van der Waals surface area contributed by atoms with Crippen LogP contribution in [0.15, 0.2) is 212 Å². The van der Waals surface area contributed by atoms with Crippen LogP contribution in [0.5, 0.6) is 0 Å². The molecule has 0 amide bonds. The molecule has 63 heavy (non-hydrogen) atoms. The molecule has 6 heteroatoms. The van der Waals surface area contributed by atoms with Gasteiger partial charge in [-0.3, -0.25) is 0 Å². The van der Waals surface area contributed by atoms with E-state index in [1.54, 1.807) is 11.3 Å². The van der Waals surface area contributed by atoms with Crippen LogP contribution in [0.2, 0.25) is 0 Å². The molecule has 13 aromatic rings. The van der Waals surface area contributed by atoms with Gasteiger partial charge in [-0.15, -0.1) is 11.3 Å². The van der Waals surface area contributed by atoms with Gasteiger partial charge in [-0.25, -0.2) is 15.0 Å². The third-order valence-electron chi connectivity index (χ3n) is 12.4. The third kappa shape index (κ3) is 5.59. The first kappa shape index (κ1) is 35.6. The largest absolute Gasteiger partial charge is 0.309 e. The predicted molar refractivity (Wildman–Crippen MR) is 263 cm³/mol. The molecular weight excluding hydrogens is 787 g/mol. The summed E-state index contributed by atoms with van der Waals surface area (Å²) >= 11 is 1.80. The highest BCUT2D eigenvalue weighted by atomic mass is 32.1. The Kier molecular flexibility index (Phi) is 8.01. The van der Waals surface area contributed by atoms with E-state index in [1.165, 1.54) is 37.4 Å². The standard InChI is InChI=1S/C57H35N5S/c1-4-18-36(19-5-1)40-27-17-33-51-53(40)45-34-39(62-47-29-13-10-24-41(47)42-25-11-14-30-48(42)62)35-46(54(45)63-51)57-59-55(37-20-6-2-7-21-37)58-56(60-57)44-28-16-32-50-52(44)43-26-12-15-31-49(43)61(50)38-22-8-3-9-23-38/h1-35H. The molecule has 13 rings (SSSR count). The van der Waals surface area contributed by atoms with Crippen LogP contribution < -0.4 is 0 Å². The van der Waals surface area contributed by atoms with Crippen LogP contribution in [0.25, 0.3) is 120 Å². The normalized spacial score (nSPS) is 11.8. The highest BCUT2D eigenvalue weighted by Crippen LogP contribution is 2.46. The van der Waals surface area contributed by atoms with Gasteiger partial charge in [0.25, 0.3) is 0 Å². The summed E-state index contributed by atoms with van der Waals surface area (Å²) in [5.41, 5.74) is 11.9. The van der Waals surface area contributed by atoms with Gasteiger partial charge in [0.15, 0.2) is 17.5 Å². The van der Waals surface area contributed by atoms with Crippen LogP contribution in [-0.4, -0.2) is 24.1 Å². The van der Waals surface area contributed by atoms with Crippen molar-refractivity contribution in [3.05, 3.63) is 212 Å². The second-order valence-electron chi connectivity index (χ2n) is 15.9. The Morgan fingerprint density at radius 1 is 0.317 bits per heavy atom. The molecule has 4 aromatic heterocycles. The Labute approximate surface area is 366 Å². The van der Waals surface area contributed by atoms with Crippen molar-refractivity contribution in [2.75, 3.05) is 0 Å². The topological polar surface area (TPSA) is 48.5 Å². The number of hydrogen-bond acceptors (Lipinski definition) is 4. The second kappa shape index (κ2) is 14.2. The average Bonchev–Trinajstić information content (AvgIpc) is 4.02. The highest BCUT2D eigenvalue weighted by molar-refractivity contribution is 7.26.